The van der Waals surface area contributed by atoms with E-state index < -0.39 is 0 Å². The van der Waals surface area contributed by atoms with Crippen LogP contribution in [0, 0.1) is 13.8 Å². The van der Waals surface area contributed by atoms with Gasteiger partial charge in [0.2, 0.25) is 5.91 Å². The molecule has 98 valence electrons. The Balaban J connectivity index is 1.96. The van der Waals surface area contributed by atoms with Gasteiger partial charge in [-0.1, -0.05) is 18.2 Å². The van der Waals surface area contributed by atoms with Crippen molar-refractivity contribution < 1.29 is 4.79 Å². The number of hydrogen-bond acceptors (Lipinski definition) is 2. The van der Waals surface area contributed by atoms with Crippen LogP contribution >= 0.6 is 0 Å². The molecule has 1 aliphatic rings. The molecule has 3 nitrogen and oxygen atoms in total. The monoisotopic (exact) mass is 246 g/mol. The van der Waals surface area contributed by atoms with Crippen LogP contribution in [0.5, 0.6) is 0 Å². The summed E-state index contributed by atoms with van der Waals surface area (Å²) in [6.45, 7) is 7.20. The van der Waals surface area contributed by atoms with Crippen LogP contribution in [0.4, 0.5) is 0 Å². The number of nitrogens with one attached hydrogen (secondary N) is 2. The number of carbonyl (C=O) groups excluding carboxylic acids is 1. The molecule has 1 aromatic rings. The minimum atomic E-state index is 0.173. The van der Waals surface area contributed by atoms with E-state index in [0.717, 1.165) is 13.0 Å². The molecule has 3 heteroatoms. The molecule has 18 heavy (non-hydrogen) atoms. The number of benzene rings is 1. The standard InChI is InChI=1S/C15H22N2O/c1-10-4-5-13(8-11(10)2)12(3)17-14-6-7-15(18)16-9-14/h4-5,8,12,14,17H,6-7,9H2,1-3H3,(H,16,18). The van der Waals surface area contributed by atoms with E-state index in [1.54, 1.807) is 0 Å². The van der Waals surface area contributed by atoms with Gasteiger partial charge in [0, 0.05) is 25.0 Å². The van der Waals surface area contributed by atoms with Crippen molar-refractivity contribution in [3.8, 4) is 0 Å². The van der Waals surface area contributed by atoms with Crippen LogP contribution in [0.25, 0.3) is 0 Å². The van der Waals surface area contributed by atoms with Gasteiger partial charge in [0.15, 0.2) is 0 Å². The molecule has 0 aliphatic carbocycles. The predicted octanol–water partition coefficient (Wildman–Crippen LogP) is 2.23. The zero-order valence-corrected chi connectivity index (χ0v) is 11.4. The highest BCUT2D eigenvalue weighted by Crippen LogP contribution is 2.18. The summed E-state index contributed by atoms with van der Waals surface area (Å²) in [4.78, 5) is 11.1. The van der Waals surface area contributed by atoms with Gasteiger partial charge in [-0.3, -0.25) is 4.79 Å². The van der Waals surface area contributed by atoms with Crippen LogP contribution in [-0.4, -0.2) is 18.5 Å². The lowest BCUT2D eigenvalue weighted by atomic mass is 10.00. The molecule has 1 amide bonds. The highest BCUT2D eigenvalue weighted by molar-refractivity contribution is 5.76. The number of aryl methyl sites for hydroxylation is 2. The summed E-state index contributed by atoms with van der Waals surface area (Å²) < 4.78 is 0. The van der Waals surface area contributed by atoms with E-state index in [4.69, 9.17) is 0 Å². The number of amides is 1. The Bertz CT molecular complexity index is 432. The zero-order chi connectivity index (χ0) is 13.1. The molecule has 1 aliphatic heterocycles. The first-order valence-electron chi connectivity index (χ1n) is 6.66. The van der Waals surface area contributed by atoms with Crippen LogP contribution in [0.2, 0.25) is 0 Å². The summed E-state index contributed by atoms with van der Waals surface area (Å²) in [6, 6.07) is 7.31. The van der Waals surface area contributed by atoms with Crippen LogP contribution in [0.15, 0.2) is 18.2 Å². The lowest BCUT2D eigenvalue weighted by Gasteiger charge is -2.27. The third kappa shape index (κ3) is 3.10. The Hall–Kier alpha value is -1.35. The average Bonchev–Trinajstić information content (AvgIpc) is 2.35. The van der Waals surface area contributed by atoms with Crippen molar-refractivity contribution in [2.75, 3.05) is 6.54 Å². The van der Waals surface area contributed by atoms with Crippen LogP contribution < -0.4 is 10.6 Å². The SMILES string of the molecule is Cc1ccc(C(C)NC2CCC(=O)NC2)cc1C. The fraction of sp³-hybridized carbons (Fsp3) is 0.533. The first-order chi connectivity index (χ1) is 8.56. The first kappa shape index (κ1) is 13.1. The normalized spacial score (nSPS) is 21.5. The largest absolute Gasteiger partial charge is 0.355 e. The van der Waals surface area contributed by atoms with Gasteiger partial charge >= 0.3 is 0 Å². The second-order valence-corrected chi connectivity index (χ2v) is 5.27. The van der Waals surface area contributed by atoms with E-state index in [1.807, 2.05) is 0 Å². The van der Waals surface area contributed by atoms with Gasteiger partial charge < -0.3 is 10.6 Å². The first-order valence-corrected chi connectivity index (χ1v) is 6.66. The molecule has 1 saturated heterocycles. The van der Waals surface area contributed by atoms with E-state index in [2.05, 4.69) is 49.6 Å². The molecular weight excluding hydrogens is 224 g/mol. The Labute approximate surface area is 109 Å². The van der Waals surface area contributed by atoms with Crippen molar-refractivity contribution in [1.29, 1.82) is 0 Å². The fourth-order valence-corrected chi connectivity index (χ4v) is 2.36. The molecule has 0 radical (unpaired) electrons. The Morgan fingerprint density at radius 3 is 2.72 bits per heavy atom. The predicted molar refractivity (Wildman–Crippen MR) is 73.5 cm³/mol. The summed E-state index contributed by atoms with van der Waals surface area (Å²) in [5.41, 5.74) is 3.98. The zero-order valence-electron chi connectivity index (χ0n) is 11.4. The average molecular weight is 246 g/mol. The van der Waals surface area contributed by atoms with Crippen molar-refractivity contribution in [1.82, 2.24) is 10.6 Å². The van der Waals surface area contributed by atoms with Gasteiger partial charge in [0.05, 0.1) is 0 Å². The second-order valence-electron chi connectivity index (χ2n) is 5.27. The maximum absolute atomic E-state index is 11.1. The lowest BCUT2D eigenvalue weighted by Crippen LogP contribution is -2.46. The van der Waals surface area contributed by atoms with Crippen molar-refractivity contribution in [3.05, 3.63) is 34.9 Å². The molecule has 2 atom stereocenters. The van der Waals surface area contributed by atoms with Gasteiger partial charge in [-0.25, -0.2) is 0 Å². The highest BCUT2D eigenvalue weighted by Gasteiger charge is 2.19. The van der Waals surface area contributed by atoms with Crippen molar-refractivity contribution >= 4 is 5.91 Å². The van der Waals surface area contributed by atoms with Crippen LogP contribution in [0.1, 0.15) is 42.5 Å². The fourth-order valence-electron chi connectivity index (χ4n) is 2.36. The summed E-state index contributed by atoms with van der Waals surface area (Å²) in [7, 11) is 0. The smallest absolute Gasteiger partial charge is 0.220 e. The molecule has 0 spiro atoms. The summed E-state index contributed by atoms with van der Waals surface area (Å²) >= 11 is 0. The Morgan fingerprint density at radius 1 is 1.33 bits per heavy atom. The molecule has 1 fully saturated rings. The maximum Gasteiger partial charge on any atom is 0.220 e. The van der Waals surface area contributed by atoms with Crippen LogP contribution in [0.3, 0.4) is 0 Å². The van der Waals surface area contributed by atoms with E-state index in [1.165, 1.54) is 16.7 Å². The van der Waals surface area contributed by atoms with Gasteiger partial charge in [0.25, 0.3) is 0 Å². The van der Waals surface area contributed by atoms with Gasteiger partial charge in [-0.2, -0.15) is 0 Å². The quantitative estimate of drug-likeness (QED) is 0.858. The molecule has 0 bridgehead atoms. The Morgan fingerprint density at radius 2 is 2.11 bits per heavy atom. The third-order valence-corrected chi connectivity index (χ3v) is 3.78. The summed E-state index contributed by atoms with van der Waals surface area (Å²) in [5.74, 6) is 0.173. The summed E-state index contributed by atoms with van der Waals surface area (Å²) in [6.07, 6.45) is 1.57. The van der Waals surface area contributed by atoms with Crippen molar-refractivity contribution in [2.24, 2.45) is 0 Å². The minimum Gasteiger partial charge on any atom is -0.355 e. The van der Waals surface area contributed by atoms with Gasteiger partial charge in [-0.05, 0) is 43.9 Å². The van der Waals surface area contributed by atoms with Crippen LogP contribution in [-0.2, 0) is 4.79 Å². The number of rotatable bonds is 3. The molecule has 2 rings (SSSR count). The number of carbonyl (C=O) groups is 1. The van der Waals surface area contributed by atoms with Crippen molar-refractivity contribution in [3.63, 3.8) is 0 Å². The van der Waals surface area contributed by atoms with Crippen molar-refractivity contribution in [2.45, 2.75) is 45.7 Å². The molecule has 2 unspecified atom stereocenters. The highest BCUT2D eigenvalue weighted by atomic mass is 16.1. The molecule has 2 N–H and O–H groups in total. The summed E-state index contributed by atoms with van der Waals surface area (Å²) in [5, 5.41) is 6.50. The van der Waals surface area contributed by atoms with E-state index in [0.29, 0.717) is 18.5 Å². The number of piperidine rings is 1. The second kappa shape index (κ2) is 5.53. The molecule has 1 heterocycles. The molecular formula is C15H22N2O. The van der Waals surface area contributed by atoms with E-state index >= 15 is 0 Å². The molecule has 0 aromatic heterocycles. The van der Waals surface area contributed by atoms with Gasteiger partial charge in [-0.15, -0.1) is 0 Å². The Kier molecular flexibility index (Phi) is 4.02. The minimum absolute atomic E-state index is 0.173. The topological polar surface area (TPSA) is 41.1 Å². The maximum atomic E-state index is 11.1. The third-order valence-electron chi connectivity index (χ3n) is 3.78. The molecule has 1 aromatic carbocycles. The lowest BCUT2D eigenvalue weighted by molar-refractivity contribution is -0.122. The van der Waals surface area contributed by atoms with Gasteiger partial charge in [0.1, 0.15) is 0 Å². The number of hydrogen-bond donors (Lipinski definition) is 2. The van der Waals surface area contributed by atoms with E-state index in [-0.39, 0.29) is 5.91 Å². The molecule has 0 saturated carbocycles. The van der Waals surface area contributed by atoms with E-state index in [9.17, 15) is 4.79 Å².